The fraction of sp³-hybridized carbons (Fsp3) is 0.667. The van der Waals surface area contributed by atoms with Crippen LogP contribution in [0.25, 0.3) is 0 Å². The Hall–Kier alpha value is -0.670. The van der Waals surface area contributed by atoms with Crippen molar-refractivity contribution in [1.82, 2.24) is 4.90 Å². The van der Waals surface area contributed by atoms with Crippen molar-refractivity contribution < 1.29 is 0 Å². The summed E-state index contributed by atoms with van der Waals surface area (Å²) in [5, 5.41) is 4.75. The van der Waals surface area contributed by atoms with Gasteiger partial charge in [0.05, 0.1) is 0 Å². The van der Waals surface area contributed by atoms with Crippen LogP contribution >= 0.6 is 11.8 Å². The lowest BCUT2D eigenvalue weighted by atomic mass is 9.94. The Bertz CT molecular complexity index is 484. The number of rotatable bonds is 4. The zero-order valence-corrected chi connectivity index (χ0v) is 13.6. The van der Waals surface area contributed by atoms with Gasteiger partial charge in [-0.15, -0.1) is 11.8 Å². The smallest absolute Gasteiger partial charge is 0.0480 e. The normalized spacial score (nSPS) is 32.5. The summed E-state index contributed by atoms with van der Waals surface area (Å²) in [6.07, 6.45) is 8.35. The molecule has 1 aromatic carbocycles. The number of thioether (sulfide) groups is 1. The Morgan fingerprint density at radius 2 is 1.81 bits per heavy atom. The van der Waals surface area contributed by atoms with Gasteiger partial charge in [-0.3, -0.25) is 0 Å². The van der Waals surface area contributed by atoms with Crippen LogP contribution in [-0.2, 0) is 0 Å². The predicted octanol–water partition coefficient (Wildman–Crippen LogP) is 4.23. The summed E-state index contributed by atoms with van der Waals surface area (Å²) in [7, 11) is 0. The molecule has 21 heavy (non-hydrogen) atoms. The zero-order valence-electron chi connectivity index (χ0n) is 12.8. The van der Waals surface area contributed by atoms with Crippen LogP contribution in [0, 0.1) is 5.92 Å². The summed E-state index contributed by atoms with van der Waals surface area (Å²) in [6, 6.07) is 9.67. The van der Waals surface area contributed by atoms with E-state index in [-0.39, 0.29) is 0 Å². The van der Waals surface area contributed by atoms with Gasteiger partial charge in [-0.05, 0) is 50.3 Å². The van der Waals surface area contributed by atoms with E-state index >= 15 is 0 Å². The molecule has 2 heterocycles. The van der Waals surface area contributed by atoms with Crippen molar-refractivity contribution in [2.24, 2.45) is 5.92 Å². The third kappa shape index (κ3) is 3.09. The summed E-state index contributed by atoms with van der Waals surface area (Å²) < 4.78 is 0. The molecule has 2 bridgehead atoms. The molecule has 1 aliphatic carbocycles. The van der Waals surface area contributed by atoms with Crippen LogP contribution in [0.4, 0.5) is 5.69 Å². The lowest BCUT2D eigenvalue weighted by Gasteiger charge is -2.32. The summed E-state index contributed by atoms with van der Waals surface area (Å²) >= 11 is 2.11. The van der Waals surface area contributed by atoms with Crippen LogP contribution in [0.1, 0.15) is 38.5 Å². The Morgan fingerprint density at radius 3 is 2.71 bits per heavy atom. The second-order valence-corrected chi connectivity index (χ2v) is 8.25. The summed E-state index contributed by atoms with van der Waals surface area (Å²) in [6.45, 7) is 3.92. The first-order valence-corrected chi connectivity index (χ1v) is 9.51. The number of piperidine rings is 1. The first-order valence-electron chi connectivity index (χ1n) is 8.63. The molecule has 2 aliphatic heterocycles. The highest BCUT2D eigenvalue weighted by Crippen LogP contribution is 2.39. The molecule has 2 nitrogen and oxygen atoms in total. The molecule has 4 rings (SSSR count). The van der Waals surface area contributed by atoms with Gasteiger partial charge in [0.25, 0.3) is 0 Å². The number of nitrogens with one attached hydrogen (secondary N) is 1. The molecule has 1 aromatic rings. The van der Waals surface area contributed by atoms with E-state index in [4.69, 9.17) is 0 Å². The van der Waals surface area contributed by atoms with Crippen LogP contribution in [0.15, 0.2) is 29.2 Å². The number of benzene rings is 1. The minimum atomic E-state index is 0.689. The number of fused-ring (bicyclic) bond motifs is 2. The molecule has 1 N–H and O–H groups in total. The molecule has 0 amide bonds. The van der Waals surface area contributed by atoms with E-state index in [0.717, 1.165) is 11.2 Å². The van der Waals surface area contributed by atoms with Crippen molar-refractivity contribution in [1.29, 1.82) is 0 Å². The topological polar surface area (TPSA) is 15.3 Å². The highest BCUT2D eigenvalue weighted by Gasteiger charge is 2.34. The Labute approximate surface area is 132 Å². The van der Waals surface area contributed by atoms with Crippen molar-refractivity contribution in [2.45, 2.75) is 54.7 Å². The standard InChI is InChI=1S/C18H26N2S/c1-2-6-15(5-1)21-18-8-4-3-7-17(18)19-16-10-12-20-11-9-14(16)13-20/h3-4,7-8,14-16,19H,1-2,5-6,9-13H2. The van der Waals surface area contributed by atoms with Gasteiger partial charge in [0.1, 0.15) is 0 Å². The molecule has 3 aliphatic rings. The van der Waals surface area contributed by atoms with E-state index in [1.165, 1.54) is 68.7 Å². The largest absolute Gasteiger partial charge is 0.381 e. The molecule has 1 saturated carbocycles. The van der Waals surface area contributed by atoms with Crippen molar-refractivity contribution >= 4 is 17.4 Å². The maximum absolute atomic E-state index is 3.90. The molecule has 0 aromatic heterocycles. The van der Waals surface area contributed by atoms with Crippen LogP contribution in [0.3, 0.4) is 0 Å². The first kappa shape index (κ1) is 14.0. The van der Waals surface area contributed by atoms with E-state index in [1.54, 1.807) is 0 Å². The minimum absolute atomic E-state index is 0.689. The maximum atomic E-state index is 3.90. The first-order chi connectivity index (χ1) is 10.4. The molecule has 3 unspecified atom stereocenters. The van der Waals surface area contributed by atoms with Crippen LogP contribution in [0.2, 0.25) is 0 Å². The average Bonchev–Trinajstić information content (AvgIpc) is 3.14. The third-order valence-corrected chi connectivity index (χ3v) is 6.87. The van der Waals surface area contributed by atoms with Gasteiger partial charge in [-0.1, -0.05) is 25.0 Å². The minimum Gasteiger partial charge on any atom is -0.381 e. The molecular formula is C18H26N2S. The van der Waals surface area contributed by atoms with Crippen molar-refractivity contribution in [3.05, 3.63) is 24.3 Å². The lowest BCUT2D eigenvalue weighted by Crippen LogP contribution is -2.39. The molecule has 3 heteroatoms. The summed E-state index contributed by atoms with van der Waals surface area (Å²) in [4.78, 5) is 4.10. The number of nitrogens with zero attached hydrogens (tertiary/aromatic N) is 1. The van der Waals surface area contributed by atoms with Gasteiger partial charge in [0, 0.05) is 35.0 Å². The summed E-state index contributed by atoms with van der Waals surface area (Å²) in [5.74, 6) is 0.864. The SMILES string of the molecule is c1ccc(SC2CCCC2)c(NC2CCN3CCC2C3)c1. The van der Waals surface area contributed by atoms with E-state index in [2.05, 4.69) is 46.2 Å². The molecule has 114 valence electrons. The molecule has 0 radical (unpaired) electrons. The Balaban J connectivity index is 1.46. The molecule has 0 spiro atoms. The second kappa shape index (κ2) is 6.21. The van der Waals surface area contributed by atoms with E-state index in [1.807, 2.05) is 0 Å². The van der Waals surface area contributed by atoms with Gasteiger partial charge in [0.2, 0.25) is 0 Å². The predicted molar refractivity (Wildman–Crippen MR) is 91.1 cm³/mol. The highest BCUT2D eigenvalue weighted by atomic mass is 32.2. The van der Waals surface area contributed by atoms with Crippen LogP contribution in [-0.4, -0.2) is 35.8 Å². The molecule has 2 saturated heterocycles. The van der Waals surface area contributed by atoms with Gasteiger partial charge < -0.3 is 10.2 Å². The number of hydrogen-bond donors (Lipinski definition) is 1. The number of hydrogen-bond acceptors (Lipinski definition) is 3. The maximum Gasteiger partial charge on any atom is 0.0480 e. The third-order valence-electron chi connectivity index (χ3n) is 5.46. The van der Waals surface area contributed by atoms with Crippen molar-refractivity contribution in [2.75, 3.05) is 25.0 Å². The second-order valence-electron chi connectivity index (χ2n) is 6.91. The van der Waals surface area contributed by atoms with Crippen LogP contribution in [0.5, 0.6) is 0 Å². The quantitative estimate of drug-likeness (QED) is 0.896. The average molecular weight is 302 g/mol. The molecule has 3 atom stereocenters. The Morgan fingerprint density at radius 1 is 1.00 bits per heavy atom. The number of para-hydroxylation sites is 1. The van der Waals surface area contributed by atoms with Gasteiger partial charge in [-0.2, -0.15) is 0 Å². The summed E-state index contributed by atoms with van der Waals surface area (Å²) in [5.41, 5.74) is 1.39. The van der Waals surface area contributed by atoms with Gasteiger partial charge in [-0.25, -0.2) is 0 Å². The lowest BCUT2D eigenvalue weighted by molar-refractivity contribution is 0.255. The fourth-order valence-corrected chi connectivity index (χ4v) is 5.55. The van der Waals surface area contributed by atoms with Crippen molar-refractivity contribution in [3.8, 4) is 0 Å². The fourth-order valence-electron chi connectivity index (χ4n) is 4.22. The van der Waals surface area contributed by atoms with Crippen LogP contribution < -0.4 is 5.32 Å². The Kier molecular flexibility index (Phi) is 4.13. The van der Waals surface area contributed by atoms with Gasteiger partial charge in [0.15, 0.2) is 0 Å². The van der Waals surface area contributed by atoms with Gasteiger partial charge >= 0.3 is 0 Å². The van der Waals surface area contributed by atoms with Crippen molar-refractivity contribution in [3.63, 3.8) is 0 Å². The van der Waals surface area contributed by atoms with E-state index in [9.17, 15) is 0 Å². The highest BCUT2D eigenvalue weighted by molar-refractivity contribution is 8.00. The zero-order chi connectivity index (χ0) is 14.1. The monoisotopic (exact) mass is 302 g/mol. The molecule has 3 fully saturated rings. The van der Waals surface area contributed by atoms with E-state index in [0.29, 0.717) is 6.04 Å². The van der Waals surface area contributed by atoms with E-state index < -0.39 is 0 Å². The molecular weight excluding hydrogens is 276 g/mol. The number of anilines is 1.